The quantitative estimate of drug-likeness (QED) is 0.806. The summed E-state index contributed by atoms with van der Waals surface area (Å²) < 4.78 is 31.2. The molecule has 0 unspecified atom stereocenters. The van der Waals surface area contributed by atoms with E-state index in [0.717, 1.165) is 18.4 Å². The van der Waals surface area contributed by atoms with E-state index in [4.69, 9.17) is 10.8 Å². The zero-order valence-electron chi connectivity index (χ0n) is 11.7. The fraction of sp³-hybridized carbons (Fsp3) is 0.571. The topological polar surface area (TPSA) is 103 Å². The summed E-state index contributed by atoms with van der Waals surface area (Å²) in [5.74, 6) is 0. The summed E-state index contributed by atoms with van der Waals surface area (Å²) in [5.41, 5.74) is 6.51. The van der Waals surface area contributed by atoms with Crippen LogP contribution in [0, 0.1) is 6.92 Å². The largest absolute Gasteiger partial charge is 0.744 e. The summed E-state index contributed by atoms with van der Waals surface area (Å²) in [6, 6.07) is 5.78. The SMILES string of the molecule is Cc1ccc(S(=O)(=O)[O-])cc1.NC1(CO)CCCCC1. The van der Waals surface area contributed by atoms with Crippen molar-refractivity contribution in [2.75, 3.05) is 6.61 Å². The van der Waals surface area contributed by atoms with Crippen molar-refractivity contribution in [1.29, 1.82) is 0 Å². The van der Waals surface area contributed by atoms with E-state index < -0.39 is 10.1 Å². The molecule has 0 heterocycles. The Morgan fingerprint density at radius 2 is 1.70 bits per heavy atom. The van der Waals surface area contributed by atoms with Gasteiger partial charge >= 0.3 is 0 Å². The molecule has 3 N–H and O–H groups in total. The third-order valence-electron chi connectivity index (χ3n) is 3.47. The normalized spacial score (nSPS) is 18.0. The van der Waals surface area contributed by atoms with Gasteiger partial charge in [0.1, 0.15) is 10.1 Å². The Kier molecular flexibility index (Phi) is 6.13. The smallest absolute Gasteiger partial charge is 0.124 e. The van der Waals surface area contributed by atoms with E-state index in [9.17, 15) is 13.0 Å². The van der Waals surface area contributed by atoms with Crippen LogP contribution in [0.3, 0.4) is 0 Å². The highest BCUT2D eigenvalue weighted by molar-refractivity contribution is 7.85. The van der Waals surface area contributed by atoms with Crippen molar-refractivity contribution in [1.82, 2.24) is 0 Å². The van der Waals surface area contributed by atoms with Crippen molar-refractivity contribution >= 4 is 10.1 Å². The Bertz CT molecular complexity index is 504. The van der Waals surface area contributed by atoms with Gasteiger partial charge in [-0.1, -0.05) is 37.0 Å². The molecule has 0 saturated heterocycles. The predicted octanol–water partition coefficient (Wildman–Crippen LogP) is 1.54. The number of aryl methyl sites for hydroxylation is 1. The second kappa shape index (κ2) is 7.17. The lowest BCUT2D eigenvalue weighted by Gasteiger charge is -2.30. The first-order valence-corrected chi connectivity index (χ1v) is 8.10. The van der Waals surface area contributed by atoms with Gasteiger partial charge in [-0.25, -0.2) is 8.42 Å². The molecule has 0 aromatic heterocycles. The van der Waals surface area contributed by atoms with Crippen LogP contribution < -0.4 is 5.73 Å². The van der Waals surface area contributed by atoms with Gasteiger partial charge in [-0.15, -0.1) is 0 Å². The van der Waals surface area contributed by atoms with E-state index in [1.54, 1.807) is 12.1 Å². The fourth-order valence-corrected chi connectivity index (χ4v) is 2.59. The molecular weight excluding hydrogens is 278 g/mol. The van der Waals surface area contributed by atoms with E-state index in [1.807, 2.05) is 6.92 Å². The predicted molar refractivity (Wildman–Crippen MR) is 76.2 cm³/mol. The minimum absolute atomic E-state index is 0.160. The molecule has 0 aliphatic heterocycles. The molecule has 1 aliphatic carbocycles. The first-order valence-electron chi connectivity index (χ1n) is 6.69. The van der Waals surface area contributed by atoms with Gasteiger partial charge in [0.25, 0.3) is 0 Å². The average molecular weight is 300 g/mol. The lowest BCUT2D eigenvalue weighted by molar-refractivity contribution is 0.157. The van der Waals surface area contributed by atoms with E-state index in [0.29, 0.717) is 0 Å². The van der Waals surface area contributed by atoms with Gasteiger partial charge in [-0.3, -0.25) is 0 Å². The number of benzene rings is 1. The molecule has 1 aromatic carbocycles. The molecule has 6 heteroatoms. The molecule has 0 radical (unpaired) electrons. The molecule has 1 aromatic rings. The summed E-state index contributed by atoms with van der Waals surface area (Å²) in [7, 11) is -4.27. The van der Waals surface area contributed by atoms with Gasteiger partial charge in [0.05, 0.1) is 11.5 Å². The highest BCUT2D eigenvalue weighted by atomic mass is 32.2. The Morgan fingerprint density at radius 3 is 2.05 bits per heavy atom. The van der Waals surface area contributed by atoms with Gasteiger partial charge < -0.3 is 15.4 Å². The Morgan fingerprint density at radius 1 is 1.20 bits per heavy atom. The summed E-state index contributed by atoms with van der Waals surface area (Å²) >= 11 is 0. The minimum Gasteiger partial charge on any atom is -0.744 e. The van der Waals surface area contributed by atoms with Crippen molar-refractivity contribution in [3.8, 4) is 0 Å². The van der Waals surface area contributed by atoms with Crippen molar-refractivity contribution in [3.63, 3.8) is 0 Å². The average Bonchev–Trinajstić information content (AvgIpc) is 2.40. The maximum Gasteiger partial charge on any atom is 0.124 e. The molecule has 1 aliphatic rings. The van der Waals surface area contributed by atoms with Crippen LogP contribution in [0.25, 0.3) is 0 Å². The standard InChI is InChI=1S/C7H15NO.C7H8O3S/c8-7(6-9)4-2-1-3-5-7;1-6-2-4-7(5-3-6)11(8,9)10/h9H,1-6,8H2;2-5H,1H3,(H,8,9,10)/p-1. The number of rotatable bonds is 2. The highest BCUT2D eigenvalue weighted by Gasteiger charge is 2.25. The first kappa shape index (κ1) is 17.1. The molecule has 2 rings (SSSR count). The number of aliphatic hydroxyl groups is 1. The summed E-state index contributed by atoms with van der Waals surface area (Å²) in [6.07, 6.45) is 5.68. The molecule has 20 heavy (non-hydrogen) atoms. The van der Waals surface area contributed by atoms with Gasteiger partial charge in [-0.2, -0.15) is 0 Å². The maximum atomic E-state index is 10.4. The number of hydrogen-bond acceptors (Lipinski definition) is 5. The molecule has 0 amide bonds. The van der Waals surface area contributed by atoms with Gasteiger partial charge in [0.2, 0.25) is 0 Å². The first-order chi connectivity index (χ1) is 9.27. The zero-order valence-corrected chi connectivity index (χ0v) is 12.5. The molecule has 5 nitrogen and oxygen atoms in total. The van der Waals surface area contributed by atoms with Crippen molar-refractivity contribution in [2.24, 2.45) is 5.73 Å². The van der Waals surface area contributed by atoms with E-state index in [1.165, 1.54) is 31.4 Å². The summed E-state index contributed by atoms with van der Waals surface area (Å²) in [4.78, 5) is -0.178. The van der Waals surface area contributed by atoms with Crippen LogP contribution in [-0.2, 0) is 10.1 Å². The molecule has 0 bridgehead atoms. The number of hydrogen-bond donors (Lipinski definition) is 2. The molecule has 0 spiro atoms. The van der Waals surface area contributed by atoms with Crippen molar-refractivity contribution < 1.29 is 18.1 Å². The van der Waals surface area contributed by atoms with Gasteiger partial charge in [0, 0.05) is 5.54 Å². The van der Waals surface area contributed by atoms with Crippen LogP contribution in [0.2, 0.25) is 0 Å². The fourth-order valence-electron chi connectivity index (χ4n) is 2.12. The minimum atomic E-state index is -4.27. The van der Waals surface area contributed by atoms with Crippen LogP contribution in [0.15, 0.2) is 29.2 Å². The summed E-state index contributed by atoms with van der Waals surface area (Å²) in [5, 5.41) is 8.83. The van der Waals surface area contributed by atoms with Crippen molar-refractivity contribution in [3.05, 3.63) is 29.8 Å². The van der Waals surface area contributed by atoms with Crippen LogP contribution in [0.5, 0.6) is 0 Å². The molecule has 114 valence electrons. The Labute approximate surface area is 120 Å². The van der Waals surface area contributed by atoms with E-state index in [2.05, 4.69) is 0 Å². The lowest BCUT2D eigenvalue weighted by atomic mass is 9.83. The maximum absolute atomic E-state index is 10.4. The Hall–Kier alpha value is -0.950. The van der Waals surface area contributed by atoms with Crippen molar-refractivity contribution in [2.45, 2.75) is 49.5 Å². The van der Waals surface area contributed by atoms with Gasteiger partial charge in [-0.05, 0) is 31.9 Å². The van der Waals surface area contributed by atoms with Crippen LogP contribution in [0.1, 0.15) is 37.7 Å². The number of aliphatic hydroxyl groups excluding tert-OH is 1. The Balaban J connectivity index is 0.000000204. The molecule has 1 fully saturated rings. The molecule has 0 atom stereocenters. The third kappa shape index (κ3) is 5.58. The van der Waals surface area contributed by atoms with Crippen LogP contribution >= 0.6 is 0 Å². The zero-order chi connectivity index (χ0) is 15.2. The number of nitrogens with two attached hydrogens (primary N) is 1. The second-order valence-corrected chi connectivity index (χ2v) is 6.73. The van der Waals surface area contributed by atoms with E-state index in [-0.39, 0.29) is 17.0 Å². The molecule has 1 saturated carbocycles. The lowest BCUT2D eigenvalue weighted by Crippen LogP contribution is -2.45. The molecular formula is C14H22NO4S-. The monoisotopic (exact) mass is 300 g/mol. The van der Waals surface area contributed by atoms with E-state index >= 15 is 0 Å². The third-order valence-corrected chi connectivity index (χ3v) is 4.32. The second-order valence-electron chi connectivity index (χ2n) is 5.35. The van der Waals surface area contributed by atoms with Crippen LogP contribution in [-0.4, -0.2) is 30.2 Å². The van der Waals surface area contributed by atoms with Crippen LogP contribution in [0.4, 0.5) is 0 Å². The summed E-state index contributed by atoms with van der Waals surface area (Å²) in [6.45, 7) is 1.98. The van der Waals surface area contributed by atoms with Gasteiger partial charge in [0.15, 0.2) is 0 Å². The highest BCUT2D eigenvalue weighted by Crippen LogP contribution is 2.24.